The summed E-state index contributed by atoms with van der Waals surface area (Å²) in [5.74, 6) is 0.586. The molecule has 0 spiro atoms. The van der Waals surface area contributed by atoms with Gasteiger partial charge in [0, 0.05) is 16.6 Å². The molecule has 1 heteroatoms. The molecule has 1 nitrogen and oxygen atoms in total. The molecule has 1 saturated carbocycles. The van der Waals surface area contributed by atoms with Crippen molar-refractivity contribution in [3.8, 4) is 22.3 Å². The summed E-state index contributed by atoms with van der Waals surface area (Å²) in [5, 5.41) is 5.17. The minimum atomic E-state index is -0.501. The van der Waals surface area contributed by atoms with E-state index in [2.05, 4.69) is 211 Å². The third-order valence-electron chi connectivity index (χ3n) is 13.1. The minimum absolute atomic E-state index is 0.501. The van der Waals surface area contributed by atoms with Crippen LogP contribution in [0.4, 0.5) is 17.1 Å². The van der Waals surface area contributed by atoms with E-state index in [1.54, 1.807) is 0 Å². The molecule has 0 aliphatic heterocycles. The molecule has 0 radical (unpaired) electrons. The monoisotopic (exact) mass is 743 g/mol. The van der Waals surface area contributed by atoms with Crippen LogP contribution in [0.5, 0.6) is 0 Å². The van der Waals surface area contributed by atoms with E-state index < -0.39 is 5.41 Å². The number of hydrogen-bond acceptors (Lipinski definition) is 1. The summed E-state index contributed by atoms with van der Waals surface area (Å²) in [7, 11) is 0. The largest absolute Gasteiger partial charge is 0.309 e. The lowest BCUT2D eigenvalue weighted by Gasteiger charge is -2.35. The van der Waals surface area contributed by atoms with Crippen LogP contribution < -0.4 is 4.90 Å². The van der Waals surface area contributed by atoms with Crippen molar-refractivity contribution in [1.82, 2.24) is 0 Å². The molecule has 2 aliphatic rings. The second kappa shape index (κ2) is 14.4. The van der Waals surface area contributed by atoms with Crippen molar-refractivity contribution in [3.63, 3.8) is 0 Å². The van der Waals surface area contributed by atoms with Crippen LogP contribution in [0.25, 0.3) is 43.8 Å². The molecule has 0 atom stereocenters. The second-order valence-corrected chi connectivity index (χ2v) is 16.2. The average molecular weight is 744 g/mol. The lowest BCUT2D eigenvalue weighted by molar-refractivity contribution is 0.445. The number of para-hydroxylation sites is 1. The van der Waals surface area contributed by atoms with E-state index in [0.717, 1.165) is 11.4 Å². The van der Waals surface area contributed by atoms with Crippen molar-refractivity contribution < 1.29 is 0 Å². The summed E-state index contributed by atoms with van der Waals surface area (Å²) in [6.07, 6.45) is 6.49. The molecular weight excluding hydrogens is 699 g/mol. The third kappa shape index (κ3) is 5.45. The molecule has 1 fully saturated rings. The molecule has 0 bridgehead atoms. The maximum absolute atomic E-state index is 2.54. The van der Waals surface area contributed by atoms with Gasteiger partial charge in [0.2, 0.25) is 0 Å². The molecule has 0 N–H and O–H groups in total. The normalized spacial score (nSPS) is 14.6. The van der Waals surface area contributed by atoms with E-state index in [4.69, 9.17) is 0 Å². The summed E-state index contributed by atoms with van der Waals surface area (Å²) in [6.45, 7) is 0. The third-order valence-corrected chi connectivity index (χ3v) is 13.1. The fourth-order valence-corrected chi connectivity index (χ4v) is 10.6. The highest BCUT2D eigenvalue weighted by atomic mass is 15.1. The van der Waals surface area contributed by atoms with Crippen molar-refractivity contribution in [1.29, 1.82) is 0 Å². The lowest BCUT2D eigenvalue weighted by atomic mass is 9.67. The fourth-order valence-electron chi connectivity index (χ4n) is 10.6. The molecule has 9 aromatic carbocycles. The first-order valence-electron chi connectivity index (χ1n) is 21.0. The Morgan fingerprint density at radius 1 is 0.397 bits per heavy atom. The predicted octanol–water partition coefficient (Wildman–Crippen LogP) is 15.5. The van der Waals surface area contributed by atoms with Crippen molar-refractivity contribution in [3.05, 3.63) is 234 Å². The van der Waals surface area contributed by atoms with Crippen molar-refractivity contribution >= 4 is 38.6 Å². The standard InChI is InChI=1S/C57H45N/c1-3-19-41(20-4-1)47-33-15-23-42-24-16-34-51(56(42)47)50-32-11-14-37-55(50)58(54-38-17-22-40-21-7-8-29-46(40)54)45-28-18-27-44(39-45)57(43-25-5-2-6-26-43)52-35-12-9-30-48(52)49-31-10-13-36-53(49)57/h2,5-18,21-39,41H,1,3-4,19-20H2. The van der Waals surface area contributed by atoms with Crippen LogP contribution in [0, 0.1) is 0 Å². The molecule has 0 amide bonds. The summed E-state index contributed by atoms with van der Waals surface area (Å²) >= 11 is 0. The smallest absolute Gasteiger partial charge is 0.0714 e. The Hall–Kier alpha value is -6.70. The number of rotatable bonds is 7. The molecule has 9 aromatic rings. The van der Waals surface area contributed by atoms with Crippen LogP contribution in [-0.2, 0) is 5.41 Å². The first-order valence-corrected chi connectivity index (χ1v) is 21.0. The van der Waals surface area contributed by atoms with Crippen molar-refractivity contribution in [2.24, 2.45) is 0 Å². The van der Waals surface area contributed by atoms with Gasteiger partial charge >= 0.3 is 0 Å². The van der Waals surface area contributed by atoms with Gasteiger partial charge in [-0.05, 0) is 104 Å². The first kappa shape index (κ1) is 34.5. The van der Waals surface area contributed by atoms with Crippen LogP contribution in [-0.4, -0.2) is 0 Å². The molecular formula is C57H45N. The lowest BCUT2D eigenvalue weighted by Crippen LogP contribution is -2.28. The zero-order valence-electron chi connectivity index (χ0n) is 32.7. The molecule has 0 heterocycles. The summed E-state index contributed by atoms with van der Waals surface area (Å²) in [6, 6.07) is 77.2. The Bertz CT molecular complexity index is 2900. The Morgan fingerprint density at radius 2 is 0.948 bits per heavy atom. The number of hydrogen-bond donors (Lipinski definition) is 0. The van der Waals surface area contributed by atoms with Gasteiger partial charge in [-0.3, -0.25) is 0 Å². The Kier molecular flexibility index (Phi) is 8.55. The van der Waals surface area contributed by atoms with Gasteiger partial charge in [-0.1, -0.05) is 201 Å². The fraction of sp³-hybridized carbons (Fsp3) is 0.123. The van der Waals surface area contributed by atoms with Crippen LogP contribution in [0.3, 0.4) is 0 Å². The van der Waals surface area contributed by atoms with E-state index >= 15 is 0 Å². The van der Waals surface area contributed by atoms with Crippen LogP contribution in [0.1, 0.15) is 65.8 Å². The van der Waals surface area contributed by atoms with Gasteiger partial charge in [0.05, 0.1) is 16.8 Å². The first-order chi connectivity index (χ1) is 28.8. The minimum Gasteiger partial charge on any atom is -0.309 e. The Labute approximate surface area is 341 Å². The van der Waals surface area contributed by atoms with Gasteiger partial charge in [-0.2, -0.15) is 0 Å². The maximum atomic E-state index is 2.54. The maximum Gasteiger partial charge on any atom is 0.0714 e. The van der Waals surface area contributed by atoms with Crippen LogP contribution >= 0.6 is 0 Å². The van der Waals surface area contributed by atoms with Crippen molar-refractivity contribution in [2.45, 2.75) is 43.4 Å². The van der Waals surface area contributed by atoms with Gasteiger partial charge in [-0.25, -0.2) is 0 Å². The Balaban J connectivity index is 1.19. The van der Waals surface area contributed by atoms with Gasteiger partial charge < -0.3 is 4.90 Å². The highest BCUT2D eigenvalue weighted by Crippen LogP contribution is 2.57. The second-order valence-electron chi connectivity index (χ2n) is 16.2. The zero-order valence-corrected chi connectivity index (χ0v) is 32.7. The molecule has 58 heavy (non-hydrogen) atoms. The highest BCUT2D eigenvalue weighted by Gasteiger charge is 2.46. The highest BCUT2D eigenvalue weighted by molar-refractivity contribution is 6.06. The topological polar surface area (TPSA) is 3.24 Å². The molecule has 0 saturated heterocycles. The summed E-state index contributed by atoms with van der Waals surface area (Å²) in [4.78, 5) is 2.54. The van der Waals surface area contributed by atoms with E-state index in [-0.39, 0.29) is 0 Å². The Morgan fingerprint density at radius 3 is 1.74 bits per heavy atom. The summed E-state index contributed by atoms with van der Waals surface area (Å²) in [5.41, 5.74) is 14.8. The van der Waals surface area contributed by atoms with Gasteiger partial charge in [0.25, 0.3) is 0 Å². The number of nitrogens with zero attached hydrogens (tertiary/aromatic N) is 1. The molecule has 278 valence electrons. The van der Waals surface area contributed by atoms with Crippen LogP contribution in [0.2, 0.25) is 0 Å². The average Bonchev–Trinajstić information content (AvgIpc) is 3.61. The SMILES string of the molecule is c1ccc(C2(c3cccc(N(c4ccccc4-c4cccc5cccc(C6CCCCC6)c45)c4cccc5ccccc45)c3)c3ccccc3-c3ccccc32)cc1. The van der Waals surface area contributed by atoms with Crippen molar-refractivity contribution in [2.75, 3.05) is 4.90 Å². The zero-order chi connectivity index (χ0) is 38.5. The van der Waals surface area contributed by atoms with Gasteiger partial charge in [0.1, 0.15) is 0 Å². The predicted molar refractivity (Wildman–Crippen MR) is 245 cm³/mol. The van der Waals surface area contributed by atoms with E-state index in [1.807, 2.05) is 0 Å². The molecule has 0 aromatic heterocycles. The molecule has 2 aliphatic carbocycles. The van der Waals surface area contributed by atoms with Gasteiger partial charge in [-0.15, -0.1) is 0 Å². The van der Waals surface area contributed by atoms with E-state index in [9.17, 15) is 0 Å². The van der Waals surface area contributed by atoms with E-state index in [0.29, 0.717) is 5.92 Å². The molecule has 11 rings (SSSR count). The number of benzene rings is 9. The quantitative estimate of drug-likeness (QED) is 0.157. The number of anilines is 3. The van der Waals surface area contributed by atoms with E-state index in [1.165, 1.54) is 109 Å². The summed E-state index contributed by atoms with van der Waals surface area (Å²) < 4.78 is 0. The number of fused-ring (bicyclic) bond motifs is 5. The van der Waals surface area contributed by atoms with Crippen LogP contribution in [0.15, 0.2) is 206 Å². The molecule has 0 unspecified atom stereocenters. The van der Waals surface area contributed by atoms with Gasteiger partial charge in [0.15, 0.2) is 0 Å².